The highest BCUT2D eigenvalue weighted by Gasteiger charge is 2.41. The largest absolute Gasteiger partial charge is 0.466 e. The van der Waals surface area contributed by atoms with Crippen molar-refractivity contribution < 1.29 is 19.1 Å². The van der Waals surface area contributed by atoms with Crippen LogP contribution in [-0.2, 0) is 19.1 Å². The molecule has 0 spiro atoms. The quantitative estimate of drug-likeness (QED) is 0.349. The van der Waals surface area contributed by atoms with Crippen molar-refractivity contribution >= 4 is 73.3 Å². The summed E-state index contributed by atoms with van der Waals surface area (Å²) in [4.78, 5) is 41.1. The van der Waals surface area contributed by atoms with Gasteiger partial charge in [0.1, 0.15) is 4.32 Å². The van der Waals surface area contributed by atoms with Crippen LogP contribution in [0, 0.1) is 0 Å². The summed E-state index contributed by atoms with van der Waals surface area (Å²) >= 11 is 9.88. The minimum absolute atomic E-state index is 0.0617. The van der Waals surface area contributed by atoms with Crippen molar-refractivity contribution in [3.05, 3.63) is 33.1 Å². The van der Waals surface area contributed by atoms with Crippen molar-refractivity contribution in [1.29, 1.82) is 0 Å². The number of amides is 2. The normalized spacial score (nSPS) is 18.9. The Kier molecular flexibility index (Phi) is 6.57. The molecule has 3 rings (SSSR count). The number of halogens is 1. The number of thiocarbonyl (C=S) groups is 1. The molecule has 148 valence electrons. The van der Waals surface area contributed by atoms with Crippen LogP contribution in [-0.4, -0.2) is 46.7 Å². The summed E-state index contributed by atoms with van der Waals surface area (Å²) in [5, 5.41) is 0. The van der Waals surface area contributed by atoms with E-state index >= 15 is 0 Å². The standard InChI is InChI=1S/C19H19BrN2O4S2/c1-3-9-26-14(23)7-8-22-18(25)16(28-19(22)27)15-12-10-11(20)5-6-13(12)21(4-2)17(15)24/h5-6,10H,3-4,7-9H2,1-2H3/b16-15-. The summed E-state index contributed by atoms with van der Waals surface area (Å²) in [6.45, 7) is 4.80. The maximum Gasteiger partial charge on any atom is 0.307 e. The number of thioether (sulfide) groups is 1. The minimum atomic E-state index is -0.369. The van der Waals surface area contributed by atoms with E-state index in [2.05, 4.69) is 15.9 Å². The van der Waals surface area contributed by atoms with Crippen LogP contribution in [0.3, 0.4) is 0 Å². The van der Waals surface area contributed by atoms with Crippen molar-refractivity contribution in [3.63, 3.8) is 0 Å². The van der Waals surface area contributed by atoms with Crippen LogP contribution in [0.4, 0.5) is 5.69 Å². The van der Waals surface area contributed by atoms with E-state index in [-0.39, 0.29) is 30.7 Å². The monoisotopic (exact) mass is 482 g/mol. The number of carbonyl (C=O) groups excluding carboxylic acids is 3. The molecule has 1 saturated heterocycles. The molecule has 0 atom stereocenters. The Morgan fingerprint density at radius 2 is 1.96 bits per heavy atom. The van der Waals surface area contributed by atoms with Gasteiger partial charge in [0.05, 0.1) is 29.2 Å². The molecular weight excluding hydrogens is 464 g/mol. The molecule has 0 unspecified atom stereocenters. The van der Waals surface area contributed by atoms with Gasteiger partial charge < -0.3 is 9.64 Å². The van der Waals surface area contributed by atoms with Crippen LogP contribution < -0.4 is 4.90 Å². The summed E-state index contributed by atoms with van der Waals surface area (Å²) in [5.41, 5.74) is 1.86. The second-order valence-corrected chi connectivity index (χ2v) is 8.77. The summed E-state index contributed by atoms with van der Waals surface area (Å²) in [6.07, 6.45) is 0.802. The number of hydrogen-bond donors (Lipinski definition) is 0. The fourth-order valence-electron chi connectivity index (χ4n) is 3.07. The van der Waals surface area contributed by atoms with Gasteiger partial charge in [0.25, 0.3) is 11.8 Å². The van der Waals surface area contributed by atoms with Gasteiger partial charge >= 0.3 is 5.97 Å². The van der Waals surface area contributed by atoms with Gasteiger partial charge in [0.15, 0.2) is 0 Å². The Labute approximate surface area is 181 Å². The van der Waals surface area contributed by atoms with Gasteiger partial charge in [-0.3, -0.25) is 19.3 Å². The summed E-state index contributed by atoms with van der Waals surface area (Å²) in [7, 11) is 0. The van der Waals surface area contributed by atoms with Crippen molar-refractivity contribution in [2.24, 2.45) is 0 Å². The van der Waals surface area contributed by atoms with E-state index in [0.29, 0.717) is 33.5 Å². The Hall–Kier alpha value is -1.71. The SMILES string of the molecule is CCCOC(=O)CCN1C(=O)/C(=C2/C(=O)N(CC)c3ccc(Br)cc32)SC1=S. The number of fused-ring (bicyclic) bond motifs is 1. The Morgan fingerprint density at radius 3 is 2.64 bits per heavy atom. The number of hydrogen-bond acceptors (Lipinski definition) is 6. The zero-order chi connectivity index (χ0) is 20.4. The van der Waals surface area contributed by atoms with E-state index in [0.717, 1.165) is 28.3 Å². The Balaban J connectivity index is 1.90. The molecule has 1 aromatic rings. The third-order valence-electron chi connectivity index (χ3n) is 4.38. The molecule has 0 aromatic heterocycles. The molecule has 2 aliphatic rings. The van der Waals surface area contributed by atoms with Gasteiger partial charge in [-0.1, -0.05) is 46.8 Å². The molecule has 0 bridgehead atoms. The number of rotatable bonds is 6. The first-order valence-corrected chi connectivity index (χ1v) is 11.0. The number of anilines is 1. The van der Waals surface area contributed by atoms with Gasteiger partial charge in [-0.05, 0) is 31.5 Å². The van der Waals surface area contributed by atoms with Gasteiger partial charge in [0, 0.05) is 23.1 Å². The molecular formula is C19H19BrN2O4S2. The maximum absolute atomic E-state index is 13.0. The summed E-state index contributed by atoms with van der Waals surface area (Å²) in [5.74, 6) is -0.920. The lowest BCUT2D eigenvalue weighted by Gasteiger charge is -2.14. The first kappa shape index (κ1) is 21.0. The fraction of sp³-hybridized carbons (Fsp3) is 0.368. The first-order valence-electron chi connectivity index (χ1n) is 8.94. The second kappa shape index (κ2) is 8.75. The molecule has 0 saturated carbocycles. The van der Waals surface area contributed by atoms with Gasteiger partial charge in [-0.25, -0.2) is 0 Å². The van der Waals surface area contributed by atoms with Crippen LogP contribution in [0.1, 0.15) is 32.3 Å². The number of likely N-dealkylation sites (N-methyl/N-ethyl adjacent to an activating group) is 1. The summed E-state index contributed by atoms with van der Waals surface area (Å²) < 4.78 is 6.21. The van der Waals surface area contributed by atoms with Gasteiger partial charge in [-0.15, -0.1) is 0 Å². The lowest BCUT2D eigenvalue weighted by atomic mass is 10.1. The molecule has 0 radical (unpaired) electrons. The molecule has 0 N–H and O–H groups in total. The number of ether oxygens (including phenoxy) is 1. The van der Waals surface area contributed by atoms with Gasteiger partial charge in [-0.2, -0.15) is 0 Å². The predicted molar refractivity (Wildman–Crippen MR) is 117 cm³/mol. The molecule has 1 aromatic carbocycles. The molecule has 9 heteroatoms. The second-order valence-electron chi connectivity index (χ2n) is 6.21. The topological polar surface area (TPSA) is 66.9 Å². The van der Waals surface area contributed by atoms with Crippen LogP contribution in [0.5, 0.6) is 0 Å². The molecule has 6 nitrogen and oxygen atoms in total. The molecule has 28 heavy (non-hydrogen) atoms. The molecule has 0 aliphatic carbocycles. The van der Waals surface area contributed by atoms with Crippen molar-refractivity contribution in [3.8, 4) is 0 Å². The van der Waals surface area contributed by atoms with Gasteiger partial charge in [0.2, 0.25) is 0 Å². The van der Waals surface area contributed by atoms with Crippen molar-refractivity contribution in [2.45, 2.75) is 26.7 Å². The highest BCUT2D eigenvalue weighted by molar-refractivity contribution is 9.10. The highest BCUT2D eigenvalue weighted by atomic mass is 79.9. The minimum Gasteiger partial charge on any atom is -0.466 e. The van der Waals surface area contributed by atoms with Crippen LogP contribution in [0.2, 0.25) is 0 Å². The van der Waals surface area contributed by atoms with Crippen LogP contribution in [0.15, 0.2) is 27.6 Å². The smallest absolute Gasteiger partial charge is 0.307 e. The molecule has 2 heterocycles. The predicted octanol–water partition coefficient (Wildman–Crippen LogP) is 3.73. The third-order valence-corrected chi connectivity index (χ3v) is 6.32. The van der Waals surface area contributed by atoms with Crippen molar-refractivity contribution in [2.75, 3.05) is 24.6 Å². The zero-order valence-corrected chi connectivity index (χ0v) is 18.7. The van der Waals surface area contributed by atoms with E-state index in [9.17, 15) is 14.4 Å². The third kappa shape index (κ3) is 3.88. The average molecular weight is 483 g/mol. The summed E-state index contributed by atoms with van der Waals surface area (Å²) in [6, 6.07) is 5.57. The number of benzene rings is 1. The van der Waals surface area contributed by atoms with E-state index in [1.807, 2.05) is 32.0 Å². The maximum atomic E-state index is 13.0. The lowest BCUT2D eigenvalue weighted by molar-refractivity contribution is -0.144. The Morgan fingerprint density at radius 1 is 1.21 bits per heavy atom. The first-order chi connectivity index (χ1) is 13.4. The van der Waals surface area contributed by atoms with Crippen LogP contribution >= 0.6 is 39.9 Å². The van der Waals surface area contributed by atoms with E-state index in [4.69, 9.17) is 17.0 Å². The number of nitrogens with zero attached hydrogens (tertiary/aromatic N) is 2. The molecule has 2 aliphatic heterocycles. The molecule has 2 amide bonds. The van der Waals surface area contributed by atoms with Crippen LogP contribution in [0.25, 0.3) is 5.57 Å². The molecule has 1 fully saturated rings. The lowest BCUT2D eigenvalue weighted by Crippen LogP contribution is -2.31. The number of esters is 1. The van der Waals surface area contributed by atoms with E-state index < -0.39 is 0 Å². The highest BCUT2D eigenvalue weighted by Crippen LogP contribution is 2.45. The zero-order valence-electron chi connectivity index (χ0n) is 15.5. The van der Waals surface area contributed by atoms with E-state index in [1.165, 1.54) is 4.90 Å². The number of carbonyl (C=O) groups is 3. The van der Waals surface area contributed by atoms with E-state index in [1.54, 1.807) is 4.90 Å². The fourth-order valence-corrected chi connectivity index (χ4v) is 4.81. The average Bonchev–Trinajstić information content (AvgIpc) is 3.09. The Bertz CT molecular complexity index is 900. The van der Waals surface area contributed by atoms with Crippen molar-refractivity contribution in [1.82, 2.24) is 4.90 Å².